The van der Waals surface area contributed by atoms with E-state index in [1.165, 1.54) is 0 Å². The van der Waals surface area contributed by atoms with Gasteiger partial charge in [0.1, 0.15) is 5.60 Å². The molecule has 2 aromatic rings. The van der Waals surface area contributed by atoms with E-state index in [0.717, 1.165) is 11.4 Å². The average molecular weight is 259 g/mol. The van der Waals surface area contributed by atoms with Crippen molar-refractivity contribution in [3.05, 3.63) is 48.3 Å². The molecule has 0 bridgehead atoms. The summed E-state index contributed by atoms with van der Waals surface area (Å²) < 4.78 is 1.78. The van der Waals surface area contributed by atoms with Crippen LogP contribution >= 0.6 is 0 Å². The maximum absolute atomic E-state index is 10.6. The Hall–Kier alpha value is -1.65. The van der Waals surface area contributed by atoms with Crippen LogP contribution in [0.1, 0.15) is 26.5 Å². The first kappa shape index (κ1) is 13.8. The standard InChI is InChI=1S/C15H21N3O/c1-12(2)16-11-15(3,19)14-9-10-17-18(14)13-7-5-4-6-8-13/h4-10,12,16,19H,11H2,1-3H3. The Bertz CT molecular complexity index is 517. The van der Waals surface area contributed by atoms with Crippen LogP contribution in [0.5, 0.6) is 0 Å². The monoisotopic (exact) mass is 259 g/mol. The van der Waals surface area contributed by atoms with Crippen LogP contribution in [0.25, 0.3) is 5.69 Å². The van der Waals surface area contributed by atoms with Gasteiger partial charge in [0.25, 0.3) is 0 Å². The highest BCUT2D eigenvalue weighted by atomic mass is 16.3. The van der Waals surface area contributed by atoms with Crippen LogP contribution in [0.2, 0.25) is 0 Å². The molecule has 0 spiro atoms. The molecule has 1 atom stereocenters. The zero-order valence-corrected chi connectivity index (χ0v) is 11.7. The normalized spacial score (nSPS) is 14.6. The summed E-state index contributed by atoms with van der Waals surface area (Å²) in [6.45, 7) is 6.41. The fraction of sp³-hybridized carbons (Fsp3) is 0.400. The van der Waals surface area contributed by atoms with Crippen LogP contribution < -0.4 is 5.32 Å². The lowest BCUT2D eigenvalue weighted by atomic mass is 10.0. The molecule has 1 aromatic heterocycles. The van der Waals surface area contributed by atoms with Crippen molar-refractivity contribution in [2.24, 2.45) is 0 Å². The van der Waals surface area contributed by atoms with Gasteiger partial charge in [-0.2, -0.15) is 5.10 Å². The summed E-state index contributed by atoms with van der Waals surface area (Å²) in [5.41, 5.74) is 0.774. The van der Waals surface area contributed by atoms with E-state index in [0.29, 0.717) is 12.6 Å². The maximum Gasteiger partial charge on any atom is 0.116 e. The number of rotatable bonds is 5. The molecule has 0 radical (unpaired) electrons. The molecule has 4 nitrogen and oxygen atoms in total. The van der Waals surface area contributed by atoms with Gasteiger partial charge in [0.05, 0.1) is 11.4 Å². The second kappa shape index (κ2) is 5.55. The van der Waals surface area contributed by atoms with E-state index in [-0.39, 0.29) is 0 Å². The van der Waals surface area contributed by atoms with E-state index in [9.17, 15) is 5.11 Å². The van der Waals surface area contributed by atoms with Crippen molar-refractivity contribution in [2.45, 2.75) is 32.4 Å². The van der Waals surface area contributed by atoms with E-state index >= 15 is 0 Å². The third kappa shape index (κ3) is 3.22. The van der Waals surface area contributed by atoms with Gasteiger partial charge in [0, 0.05) is 18.8 Å². The van der Waals surface area contributed by atoms with Crippen LogP contribution in [-0.2, 0) is 5.60 Å². The Labute approximate surface area is 114 Å². The van der Waals surface area contributed by atoms with Gasteiger partial charge < -0.3 is 10.4 Å². The fourth-order valence-corrected chi connectivity index (χ4v) is 1.98. The van der Waals surface area contributed by atoms with Gasteiger partial charge in [-0.25, -0.2) is 4.68 Å². The maximum atomic E-state index is 10.6. The molecule has 0 saturated heterocycles. The fourth-order valence-electron chi connectivity index (χ4n) is 1.98. The average Bonchev–Trinajstić information content (AvgIpc) is 2.87. The highest BCUT2D eigenvalue weighted by Gasteiger charge is 2.27. The van der Waals surface area contributed by atoms with Gasteiger partial charge >= 0.3 is 0 Å². The number of aliphatic hydroxyl groups is 1. The predicted octanol–water partition coefficient (Wildman–Crippen LogP) is 2.08. The summed E-state index contributed by atoms with van der Waals surface area (Å²) in [6.07, 6.45) is 1.71. The van der Waals surface area contributed by atoms with Crippen molar-refractivity contribution in [2.75, 3.05) is 6.54 Å². The Balaban J connectivity index is 2.29. The van der Waals surface area contributed by atoms with Crippen molar-refractivity contribution in [3.63, 3.8) is 0 Å². The molecule has 0 saturated carbocycles. The van der Waals surface area contributed by atoms with Crippen LogP contribution in [0.3, 0.4) is 0 Å². The molecule has 2 N–H and O–H groups in total. The zero-order chi connectivity index (χ0) is 13.9. The van der Waals surface area contributed by atoms with Gasteiger partial charge in [-0.15, -0.1) is 0 Å². The SMILES string of the molecule is CC(C)NCC(C)(O)c1ccnn1-c1ccccc1. The lowest BCUT2D eigenvalue weighted by Gasteiger charge is -2.26. The van der Waals surface area contributed by atoms with E-state index in [1.54, 1.807) is 17.8 Å². The number of hydrogen-bond acceptors (Lipinski definition) is 3. The van der Waals surface area contributed by atoms with Crippen molar-refractivity contribution in [1.29, 1.82) is 0 Å². The molecule has 4 heteroatoms. The van der Waals surface area contributed by atoms with Crippen LogP contribution in [0.15, 0.2) is 42.6 Å². The summed E-state index contributed by atoms with van der Waals surface area (Å²) in [6, 6.07) is 12.0. The minimum atomic E-state index is -0.962. The molecule has 1 heterocycles. The van der Waals surface area contributed by atoms with E-state index in [4.69, 9.17) is 0 Å². The third-order valence-corrected chi connectivity index (χ3v) is 3.05. The number of nitrogens with one attached hydrogen (secondary N) is 1. The minimum absolute atomic E-state index is 0.333. The van der Waals surface area contributed by atoms with Gasteiger partial charge in [0.2, 0.25) is 0 Å². The van der Waals surface area contributed by atoms with Crippen molar-refractivity contribution < 1.29 is 5.11 Å². The third-order valence-electron chi connectivity index (χ3n) is 3.05. The lowest BCUT2D eigenvalue weighted by Crippen LogP contribution is -2.39. The number of benzene rings is 1. The Morgan fingerprint density at radius 3 is 2.58 bits per heavy atom. The quantitative estimate of drug-likeness (QED) is 0.864. The zero-order valence-electron chi connectivity index (χ0n) is 11.7. The molecule has 0 amide bonds. The van der Waals surface area contributed by atoms with Crippen molar-refractivity contribution in [1.82, 2.24) is 15.1 Å². The number of nitrogens with zero attached hydrogens (tertiary/aromatic N) is 2. The lowest BCUT2D eigenvalue weighted by molar-refractivity contribution is 0.0480. The topological polar surface area (TPSA) is 50.1 Å². The van der Waals surface area contributed by atoms with Crippen molar-refractivity contribution in [3.8, 4) is 5.69 Å². The molecular formula is C15H21N3O. The summed E-state index contributed by atoms with van der Waals surface area (Å²) in [4.78, 5) is 0. The minimum Gasteiger partial charge on any atom is -0.383 e. The molecule has 1 aromatic carbocycles. The summed E-state index contributed by atoms with van der Waals surface area (Å²) >= 11 is 0. The number of para-hydroxylation sites is 1. The number of hydrogen-bond donors (Lipinski definition) is 2. The highest BCUT2D eigenvalue weighted by molar-refractivity contribution is 5.33. The van der Waals surface area contributed by atoms with E-state index in [1.807, 2.05) is 36.4 Å². The van der Waals surface area contributed by atoms with E-state index < -0.39 is 5.60 Å². The smallest absolute Gasteiger partial charge is 0.116 e. The summed E-state index contributed by atoms with van der Waals surface area (Å²) in [5.74, 6) is 0. The highest BCUT2D eigenvalue weighted by Crippen LogP contribution is 2.22. The largest absolute Gasteiger partial charge is 0.383 e. The second-order valence-corrected chi connectivity index (χ2v) is 5.27. The summed E-state index contributed by atoms with van der Waals surface area (Å²) in [5, 5.41) is 18.2. The predicted molar refractivity (Wildman–Crippen MR) is 76.3 cm³/mol. The van der Waals surface area contributed by atoms with Crippen molar-refractivity contribution >= 4 is 0 Å². The van der Waals surface area contributed by atoms with E-state index in [2.05, 4.69) is 24.3 Å². The van der Waals surface area contributed by atoms with Crippen LogP contribution in [-0.4, -0.2) is 27.5 Å². The first-order chi connectivity index (χ1) is 9.00. The van der Waals surface area contributed by atoms with Gasteiger partial charge in [-0.05, 0) is 25.1 Å². The molecule has 0 aliphatic rings. The first-order valence-corrected chi connectivity index (χ1v) is 6.56. The number of aromatic nitrogens is 2. The van der Waals surface area contributed by atoms with Gasteiger partial charge in [-0.1, -0.05) is 32.0 Å². The molecule has 19 heavy (non-hydrogen) atoms. The Morgan fingerprint density at radius 1 is 1.26 bits per heavy atom. The van der Waals surface area contributed by atoms with Gasteiger partial charge in [-0.3, -0.25) is 0 Å². The molecule has 0 aliphatic carbocycles. The molecule has 1 unspecified atom stereocenters. The molecule has 0 fully saturated rings. The molecule has 2 rings (SSSR count). The molecule has 102 valence electrons. The Morgan fingerprint density at radius 2 is 1.95 bits per heavy atom. The molecular weight excluding hydrogens is 238 g/mol. The summed E-state index contributed by atoms with van der Waals surface area (Å²) in [7, 11) is 0. The first-order valence-electron chi connectivity index (χ1n) is 6.56. The van der Waals surface area contributed by atoms with Crippen LogP contribution in [0, 0.1) is 0 Å². The Kier molecular flexibility index (Phi) is 4.02. The second-order valence-electron chi connectivity index (χ2n) is 5.27. The molecule has 0 aliphatic heterocycles. The van der Waals surface area contributed by atoms with Gasteiger partial charge in [0.15, 0.2) is 0 Å². The van der Waals surface area contributed by atoms with Crippen LogP contribution in [0.4, 0.5) is 0 Å².